The second-order valence-corrected chi connectivity index (χ2v) is 10.6. The van der Waals surface area contributed by atoms with E-state index in [-0.39, 0.29) is 12.0 Å². The Kier molecular flexibility index (Phi) is 9.01. The third kappa shape index (κ3) is 7.78. The molecule has 3 heterocycles. The van der Waals surface area contributed by atoms with Crippen LogP contribution in [0.5, 0.6) is 11.5 Å². The molecule has 0 unspecified atom stereocenters. The highest BCUT2D eigenvalue weighted by atomic mass is 16.5. The lowest BCUT2D eigenvalue weighted by Gasteiger charge is -2.32. The number of carbonyl (C=O) groups is 1. The van der Waals surface area contributed by atoms with Crippen molar-refractivity contribution in [3.05, 3.63) is 30.2 Å². The van der Waals surface area contributed by atoms with E-state index in [4.69, 9.17) is 19.3 Å². The molecule has 0 aliphatic carbocycles. The van der Waals surface area contributed by atoms with E-state index in [1.807, 2.05) is 12.1 Å². The second-order valence-electron chi connectivity index (χ2n) is 10.6. The maximum absolute atomic E-state index is 10.9. The summed E-state index contributed by atoms with van der Waals surface area (Å²) in [4.78, 5) is 22.2. The van der Waals surface area contributed by atoms with E-state index in [1.54, 1.807) is 13.2 Å². The summed E-state index contributed by atoms with van der Waals surface area (Å²) in [6.45, 7) is 10.8. The molecule has 3 N–H and O–H groups in total. The van der Waals surface area contributed by atoms with Crippen molar-refractivity contribution in [3.63, 3.8) is 0 Å². The Morgan fingerprint density at radius 1 is 1.16 bits per heavy atom. The fourth-order valence-electron chi connectivity index (χ4n) is 4.55. The molecule has 4 rings (SSSR count). The first-order valence-electron chi connectivity index (χ1n) is 13.0. The molecule has 1 fully saturated rings. The molecule has 3 aromatic rings. The summed E-state index contributed by atoms with van der Waals surface area (Å²) in [5.41, 5.74) is 1.11. The van der Waals surface area contributed by atoms with E-state index in [1.165, 1.54) is 6.33 Å². The first-order valence-corrected chi connectivity index (χ1v) is 13.0. The van der Waals surface area contributed by atoms with Gasteiger partial charge in [-0.2, -0.15) is 5.10 Å². The van der Waals surface area contributed by atoms with Gasteiger partial charge in [0.05, 0.1) is 37.9 Å². The van der Waals surface area contributed by atoms with Crippen LogP contribution >= 0.6 is 0 Å². The zero-order valence-electron chi connectivity index (χ0n) is 22.6. The van der Waals surface area contributed by atoms with Crippen LogP contribution in [0, 0.1) is 5.92 Å². The number of nitrogens with zero attached hydrogens (tertiary/aromatic N) is 4. The van der Waals surface area contributed by atoms with Crippen LogP contribution < -0.4 is 14.8 Å². The smallest absolute Gasteiger partial charge is 0.309 e. The fourth-order valence-corrected chi connectivity index (χ4v) is 4.55. The molecule has 206 valence electrons. The third-order valence-corrected chi connectivity index (χ3v) is 6.57. The van der Waals surface area contributed by atoms with E-state index in [0.717, 1.165) is 50.9 Å². The van der Waals surface area contributed by atoms with Gasteiger partial charge in [0.15, 0.2) is 17.3 Å². The summed E-state index contributed by atoms with van der Waals surface area (Å²) in [5, 5.41) is 19.7. The van der Waals surface area contributed by atoms with Gasteiger partial charge in [0.25, 0.3) is 0 Å². The third-order valence-electron chi connectivity index (χ3n) is 6.57. The van der Waals surface area contributed by atoms with E-state index in [9.17, 15) is 4.79 Å². The lowest BCUT2D eigenvalue weighted by atomic mass is 9.94. The van der Waals surface area contributed by atoms with Crippen molar-refractivity contribution in [1.82, 2.24) is 25.1 Å². The number of aromatic nitrogens is 4. The molecule has 0 amide bonds. The van der Waals surface area contributed by atoms with Crippen LogP contribution in [0.4, 0.5) is 11.6 Å². The molecule has 0 spiro atoms. The molecule has 0 radical (unpaired) electrons. The van der Waals surface area contributed by atoms with E-state index < -0.39 is 5.97 Å². The average molecular weight is 527 g/mol. The number of hydrogen-bond donors (Lipinski definition) is 3. The minimum atomic E-state index is -0.933. The number of H-pyrrole nitrogens is 1. The maximum atomic E-state index is 10.9. The number of fused-ring (bicyclic) bond motifs is 1. The van der Waals surface area contributed by atoms with Crippen molar-refractivity contribution in [2.24, 2.45) is 5.92 Å². The van der Waals surface area contributed by atoms with Gasteiger partial charge in [-0.1, -0.05) is 0 Å². The molecule has 0 bridgehead atoms. The average Bonchev–Trinajstić information content (AvgIpc) is 3.30. The molecule has 1 saturated heterocycles. The highest BCUT2D eigenvalue weighted by Gasteiger charge is 2.20. The van der Waals surface area contributed by atoms with Crippen LogP contribution in [0.3, 0.4) is 0 Å². The summed E-state index contributed by atoms with van der Waals surface area (Å²) in [7, 11) is 1.61. The van der Waals surface area contributed by atoms with Crippen molar-refractivity contribution in [2.75, 3.05) is 45.3 Å². The van der Waals surface area contributed by atoms with Crippen LogP contribution in [0.1, 0.15) is 45.7 Å². The normalized spacial score (nSPS) is 15.1. The van der Waals surface area contributed by atoms with Crippen molar-refractivity contribution >= 4 is 28.5 Å². The van der Waals surface area contributed by atoms with E-state index >= 15 is 0 Å². The zero-order chi connectivity index (χ0) is 27.1. The maximum Gasteiger partial charge on any atom is 0.309 e. The molecule has 11 nitrogen and oxygen atoms in total. The monoisotopic (exact) mass is 526 g/mol. The molecular weight excluding hydrogens is 488 g/mol. The predicted molar refractivity (Wildman–Crippen MR) is 144 cm³/mol. The van der Waals surface area contributed by atoms with Gasteiger partial charge < -0.3 is 29.5 Å². The van der Waals surface area contributed by atoms with Crippen molar-refractivity contribution in [3.8, 4) is 11.5 Å². The van der Waals surface area contributed by atoms with Crippen LogP contribution in [0.2, 0.25) is 0 Å². The molecule has 11 heteroatoms. The predicted octanol–water partition coefficient (Wildman–Crippen LogP) is 4.03. The number of aromatic amines is 1. The number of benzene rings is 1. The van der Waals surface area contributed by atoms with Crippen LogP contribution in [0.15, 0.2) is 24.5 Å². The Hall–Kier alpha value is -3.44. The number of rotatable bonds is 12. The number of ether oxygens (including phenoxy) is 3. The largest absolute Gasteiger partial charge is 0.493 e. The minimum Gasteiger partial charge on any atom is -0.493 e. The lowest BCUT2D eigenvalue weighted by molar-refractivity contribution is -0.136. The van der Waals surface area contributed by atoms with Crippen molar-refractivity contribution < 1.29 is 24.1 Å². The summed E-state index contributed by atoms with van der Waals surface area (Å²) < 4.78 is 17.6. The van der Waals surface area contributed by atoms with Crippen LogP contribution in [-0.4, -0.2) is 81.7 Å². The van der Waals surface area contributed by atoms with Gasteiger partial charge in [0, 0.05) is 29.8 Å². The Morgan fingerprint density at radius 2 is 1.95 bits per heavy atom. The van der Waals surface area contributed by atoms with Gasteiger partial charge in [0.2, 0.25) is 0 Å². The Labute approximate surface area is 222 Å². The zero-order valence-corrected chi connectivity index (χ0v) is 22.6. The van der Waals surface area contributed by atoms with E-state index in [2.05, 4.69) is 51.2 Å². The number of likely N-dealkylation sites (tertiary alicyclic amines) is 1. The lowest BCUT2D eigenvalue weighted by Crippen LogP contribution is -2.37. The number of nitrogens with one attached hydrogen (secondary N) is 2. The SMILES string of the molecule is COc1cc2c(Nc3cc(CC(=O)O)[nH]n3)ncnc2cc1OCCC1CCN(CCOC(C)(C)C)CC1. The molecule has 1 aliphatic heterocycles. The Morgan fingerprint density at radius 3 is 2.66 bits per heavy atom. The van der Waals surface area contributed by atoms with Crippen molar-refractivity contribution in [2.45, 2.75) is 52.1 Å². The number of hydrogen-bond acceptors (Lipinski definition) is 9. The van der Waals surface area contributed by atoms with Crippen molar-refractivity contribution in [1.29, 1.82) is 0 Å². The van der Waals surface area contributed by atoms with Crippen LogP contribution in [-0.2, 0) is 16.0 Å². The van der Waals surface area contributed by atoms with Gasteiger partial charge in [-0.15, -0.1) is 0 Å². The Bertz CT molecular complexity index is 1220. The topological polar surface area (TPSA) is 135 Å². The summed E-state index contributed by atoms with van der Waals surface area (Å²) in [6, 6.07) is 5.34. The number of aliphatic carboxylic acids is 1. The van der Waals surface area contributed by atoms with Crippen LogP contribution in [0.25, 0.3) is 10.9 Å². The highest BCUT2D eigenvalue weighted by molar-refractivity contribution is 5.92. The number of piperidine rings is 1. The summed E-state index contributed by atoms with van der Waals surface area (Å²) in [6.07, 6.45) is 4.64. The van der Waals surface area contributed by atoms with Gasteiger partial charge in [-0.25, -0.2) is 9.97 Å². The Balaban J connectivity index is 1.32. The molecule has 38 heavy (non-hydrogen) atoms. The van der Waals surface area contributed by atoms with E-state index in [0.29, 0.717) is 46.9 Å². The summed E-state index contributed by atoms with van der Waals surface area (Å²) in [5.74, 6) is 1.94. The highest BCUT2D eigenvalue weighted by Crippen LogP contribution is 2.35. The van der Waals surface area contributed by atoms with Gasteiger partial charge in [0.1, 0.15) is 12.1 Å². The molecule has 0 saturated carbocycles. The van der Waals surface area contributed by atoms with Gasteiger partial charge in [-0.05, 0) is 65.1 Å². The molecule has 0 atom stereocenters. The van der Waals surface area contributed by atoms with Gasteiger partial charge >= 0.3 is 5.97 Å². The fraction of sp³-hybridized carbons (Fsp3) is 0.556. The quantitative estimate of drug-likeness (QED) is 0.317. The molecule has 1 aromatic carbocycles. The molecule has 2 aromatic heterocycles. The van der Waals surface area contributed by atoms with Gasteiger partial charge in [-0.3, -0.25) is 9.89 Å². The number of carboxylic acid groups (broad SMARTS) is 1. The molecule has 1 aliphatic rings. The number of carboxylic acids is 1. The number of anilines is 2. The first-order chi connectivity index (χ1) is 18.2. The standard InChI is InChI=1S/C27H38N6O5/c1-27(2,3)38-12-10-33-8-5-18(6-9-33)7-11-37-23-16-21-20(15-22(23)36-4)26(29-17-28-21)30-24-13-19(31-32-24)14-25(34)35/h13,15-18H,5-12,14H2,1-4H3,(H,34,35)(H2,28,29,30,31,32). The number of methoxy groups -OCH3 is 1. The second kappa shape index (κ2) is 12.4. The minimum absolute atomic E-state index is 0.0868. The first kappa shape index (κ1) is 27.6. The summed E-state index contributed by atoms with van der Waals surface area (Å²) >= 11 is 0. The molecular formula is C27H38N6O5.